The number of aliphatic hydroxyl groups excluding tert-OH is 1. The van der Waals surface area contributed by atoms with Crippen LogP contribution in [0, 0.1) is 0 Å². The number of aliphatic carboxylic acids is 1. The Morgan fingerprint density at radius 3 is 2.65 bits per heavy atom. The zero-order valence-electron chi connectivity index (χ0n) is 8.95. The Hall–Kier alpha value is -2.08. The fraction of sp³-hybridized carbons (Fsp3) is 0.273. The van der Waals surface area contributed by atoms with E-state index in [4.69, 9.17) is 10.2 Å². The van der Waals surface area contributed by atoms with Crippen molar-refractivity contribution < 1.29 is 25.2 Å². The number of aliphatic imine (C=N–C) groups is 1. The number of phenolic OH excluding ortho intramolecular Hbond substituents is 2. The molecule has 0 spiro atoms. The Morgan fingerprint density at radius 2 is 2.06 bits per heavy atom. The third-order valence-electron chi connectivity index (χ3n) is 1.97. The molecule has 1 atom stereocenters. The third kappa shape index (κ3) is 4.52. The molecule has 0 bridgehead atoms. The minimum Gasteiger partial charge on any atom is -0.504 e. The fourth-order valence-corrected chi connectivity index (χ4v) is 1.17. The first-order valence-electron chi connectivity index (χ1n) is 4.90. The van der Waals surface area contributed by atoms with Gasteiger partial charge in [0.15, 0.2) is 11.5 Å². The average Bonchev–Trinajstić information content (AvgIpc) is 2.22. The van der Waals surface area contributed by atoms with Gasteiger partial charge in [-0.15, -0.1) is 0 Å². The quantitative estimate of drug-likeness (QED) is 0.438. The molecule has 1 aromatic rings. The molecule has 1 aromatic carbocycles. The normalized spacial score (nSPS) is 12.8. The van der Waals surface area contributed by atoms with E-state index in [1.54, 1.807) is 0 Å². The zero-order valence-corrected chi connectivity index (χ0v) is 8.95. The number of carbonyl (C=O) groups is 1. The molecule has 0 fully saturated rings. The van der Waals surface area contributed by atoms with Gasteiger partial charge in [0.2, 0.25) is 0 Å². The van der Waals surface area contributed by atoms with Crippen molar-refractivity contribution in [3.63, 3.8) is 0 Å². The number of carboxylic acid groups (broad SMARTS) is 1. The molecule has 0 radical (unpaired) electrons. The Bertz CT molecular complexity index is 430. The summed E-state index contributed by atoms with van der Waals surface area (Å²) in [5.41, 5.74) is 0.544. The van der Waals surface area contributed by atoms with E-state index in [-0.39, 0.29) is 24.5 Å². The molecule has 0 aromatic heterocycles. The number of carboxylic acids is 1. The number of aromatic hydroxyl groups is 2. The number of nitrogens with zero attached hydrogens (tertiary/aromatic N) is 1. The lowest BCUT2D eigenvalue weighted by Gasteiger charge is -2.03. The predicted octanol–water partition coefficient (Wildman–Crippen LogP) is 0.352. The molecule has 0 amide bonds. The van der Waals surface area contributed by atoms with Crippen LogP contribution in [0.4, 0.5) is 0 Å². The number of hydrogen-bond acceptors (Lipinski definition) is 5. The highest BCUT2D eigenvalue weighted by atomic mass is 16.4. The molecular weight excluding hydrogens is 226 g/mol. The molecule has 6 heteroatoms. The van der Waals surface area contributed by atoms with Crippen molar-refractivity contribution in [2.24, 2.45) is 4.99 Å². The summed E-state index contributed by atoms with van der Waals surface area (Å²) >= 11 is 0. The van der Waals surface area contributed by atoms with Crippen LogP contribution >= 0.6 is 0 Å². The predicted molar refractivity (Wildman–Crippen MR) is 60.5 cm³/mol. The molecule has 17 heavy (non-hydrogen) atoms. The summed E-state index contributed by atoms with van der Waals surface area (Å²) in [5.74, 6) is -1.58. The van der Waals surface area contributed by atoms with Crippen molar-refractivity contribution in [1.82, 2.24) is 0 Å². The summed E-state index contributed by atoms with van der Waals surface area (Å²) in [6.45, 7) is -0.0338. The van der Waals surface area contributed by atoms with Gasteiger partial charge in [-0.1, -0.05) is 0 Å². The smallest absolute Gasteiger partial charge is 0.306 e. The first kappa shape index (κ1) is 13.0. The first-order chi connectivity index (χ1) is 7.99. The van der Waals surface area contributed by atoms with Gasteiger partial charge in [0.05, 0.1) is 19.1 Å². The van der Waals surface area contributed by atoms with Crippen LogP contribution in [-0.2, 0) is 4.79 Å². The van der Waals surface area contributed by atoms with Gasteiger partial charge in [-0.2, -0.15) is 0 Å². The maximum Gasteiger partial charge on any atom is 0.306 e. The van der Waals surface area contributed by atoms with Crippen LogP contribution in [-0.4, -0.2) is 45.3 Å². The van der Waals surface area contributed by atoms with Crippen LogP contribution in [0.1, 0.15) is 12.0 Å². The summed E-state index contributed by atoms with van der Waals surface area (Å²) in [4.78, 5) is 14.1. The summed E-state index contributed by atoms with van der Waals surface area (Å²) in [5, 5.41) is 35.9. The Kier molecular flexibility index (Phi) is 4.47. The fourth-order valence-electron chi connectivity index (χ4n) is 1.17. The lowest BCUT2D eigenvalue weighted by atomic mass is 10.2. The van der Waals surface area contributed by atoms with E-state index in [2.05, 4.69) is 4.99 Å². The van der Waals surface area contributed by atoms with E-state index in [0.717, 1.165) is 0 Å². The Morgan fingerprint density at radius 1 is 1.35 bits per heavy atom. The monoisotopic (exact) mass is 239 g/mol. The molecule has 1 unspecified atom stereocenters. The molecular formula is C11H13NO5. The topological polar surface area (TPSA) is 110 Å². The van der Waals surface area contributed by atoms with Crippen LogP contribution in [0.5, 0.6) is 11.5 Å². The van der Waals surface area contributed by atoms with Crippen molar-refractivity contribution in [3.05, 3.63) is 23.8 Å². The largest absolute Gasteiger partial charge is 0.504 e. The van der Waals surface area contributed by atoms with Gasteiger partial charge >= 0.3 is 5.97 Å². The van der Waals surface area contributed by atoms with Crippen molar-refractivity contribution in [3.8, 4) is 11.5 Å². The van der Waals surface area contributed by atoms with E-state index < -0.39 is 12.1 Å². The number of rotatable bonds is 5. The van der Waals surface area contributed by atoms with Crippen molar-refractivity contribution in [2.75, 3.05) is 6.54 Å². The van der Waals surface area contributed by atoms with E-state index in [9.17, 15) is 15.0 Å². The second kappa shape index (κ2) is 5.86. The van der Waals surface area contributed by atoms with Gasteiger partial charge in [-0.25, -0.2) is 0 Å². The maximum absolute atomic E-state index is 10.3. The highest BCUT2D eigenvalue weighted by Gasteiger charge is 2.07. The van der Waals surface area contributed by atoms with Crippen LogP contribution in [0.3, 0.4) is 0 Å². The molecule has 92 valence electrons. The molecule has 0 aliphatic rings. The molecule has 0 heterocycles. The van der Waals surface area contributed by atoms with Gasteiger partial charge in [0, 0.05) is 6.21 Å². The first-order valence-corrected chi connectivity index (χ1v) is 4.90. The molecule has 0 saturated heterocycles. The lowest BCUT2D eigenvalue weighted by Crippen LogP contribution is -2.16. The molecule has 6 nitrogen and oxygen atoms in total. The summed E-state index contributed by atoms with van der Waals surface area (Å²) in [6.07, 6.45) is -0.0166. The number of hydrogen-bond donors (Lipinski definition) is 4. The molecule has 0 saturated carbocycles. The van der Waals surface area contributed by atoms with E-state index in [1.165, 1.54) is 24.4 Å². The highest BCUT2D eigenvalue weighted by Crippen LogP contribution is 2.23. The van der Waals surface area contributed by atoms with Crippen molar-refractivity contribution in [1.29, 1.82) is 0 Å². The van der Waals surface area contributed by atoms with Crippen LogP contribution < -0.4 is 0 Å². The molecule has 0 aliphatic carbocycles. The minimum atomic E-state index is -1.09. The third-order valence-corrected chi connectivity index (χ3v) is 1.97. The van der Waals surface area contributed by atoms with Crippen LogP contribution in [0.15, 0.2) is 23.2 Å². The van der Waals surface area contributed by atoms with E-state index in [1.807, 2.05) is 0 Å². The van der Waals surface area contributed by atoms with Crippen molar-refractivity contribution >= 4 is 12.2 Å². The van der Waals surface area contributed by atoms with Gasteiger partial charge in [0.25, 0.3) is 0 Å². The number of benzene rings is 1. The number of phenols is 2. The average molecular weight is 239 g/mol. The highest BCUT2D eigenvalue weighted by molar-refractivity contribution is 5.80. The molecule has 1 rings (SSSR count). The van der Waals surface area contributed by atoms with Crippen molar-refractivity contribution in [2.45, 2.75) is 12.5 Å². The van der Waals surface area contributed by atoms with Gasteiger partial charge < -0.3 is 20.4 Å². The number of aliphatic hydroxyl groups is 1. The second-order valence-corrected chi connectivity index (χ2v) is 3.49. The Balaban J connectivity index is 2.53. The van der Waals surface area contributed by atoms with Gasteiger partial charge in [0.1, 0.15) is 0 Å². The molecule has 4 N–H and O–H groups in total. The SMILES string of the molecule is O=C(O)CC(O)CN=Cc1ccc(O)c(O)c1. The van der Waals surface area contributed by atoms with E-state index in [0.29, 0.717) is 5.56 Å². The Labute approximate surface area is 97.5 Å². The lowest BCUT2D eigenvalue weighted by molar-refractivity contribution is -0.139. The minimum absolute atomic E-state index is 0.0338. The van der Waals surface area contributed by atoms with Crippen LogP contribution in [0.2, 0.25) is 0 Å². The summed E-state index contributed by atoms with van der Waals surface area (Å²) in [6, 6.07) is 4.15. The second-order valence-electron chi connectivity index (χ2n) is 3.49. The van der Waals surface area contributed by atoms with Crippen LogP contribution in [0.25, 0.3) is 0 Å². The molecule has 0 aliphatic heterocycles. The summed E-state index contributed by atoms with van der Waals surface area (Å²) in [7, 11) is 0. The zero-order chi connectivity index (χ0) is 12.8. The van der Waals surface area contributed by atoms with Gasteiger partial charge in [-0.3, -0.25) is 9.79 Å². The maximum atomic E-state index is 10.3. The standard InChI is InChI=1S/C11H13NO5/c13-8(4-11(16)17)6-12-5-7-1-2-9(14)10(15)3-7/h1-3,5,8,13-15H,4,6H2,(H,16,17). The summed E-state index contributed by atoms with van der Waals surface area (Å²) < 4.78 is 0. The van der Waals surface area contributed by atoms with E-state index >= 15 is 0 Å². The van der Waals surface area contributed by atoms with Gasteiger partial charge in [-0.05, 0) is 23.8 Å².